The van der Waals surface area contributed by atoms with Crippen LogP contribution in [0.25, 0.3) is 0 Å². The van der Waals surface area contributed by atoms with Crippen LogP contribution in [0, 0.1) is 0 Å². The smallest absolute Gasteiger partial charge is 0.248 e. The van der Waals surface area contributed by atoms with Gasteiger partial charge in [0.15, 0.2) is 0 Å². The minimum atomic E-state index is 0.0846. The molecule has 0 unspecified atom stereocenters. The van der Waals surface area contributed by atoms with E-state index in [1.165, 1.54) is 0 Å². The Labute approximate surface area is 71.3 Å². The highest BCUT2D eigenvalue weighted by molar-refractivity contribution is 6.17. The van der Waals surface area contributed by atoms with Crippen molar-refractivity contribution in [3.05, 3.63) is 0 Å². The highest BCUT2D eigenvalue weighted by Gasteiger charge is 2.16. The van der Waals surface area contributed by atoms with Crippen LogP contribution in [-0.4, -0.2) is 43.0 Å². The summed E-state index contributed by atoms with van der Waals surface area (Å²) >= 11 is 5.50. The quantitative estimate of drug-likeness (QED) is 0.587. The van der Waals surface area contributed by atoms with Crippen molar-refractivity contribution in [2.75, 3.05) is 32.2 Å². The number of alkyl halides is 1. The molecule has 64 valence electrons. The lowest BCUT2D eigenvalue weighted by molar-refractivity contribution is -0.142. The predicted molar refractivity (Wildman–Crippen MR) is 42.7 cm³/mol. The monoisotopic (exact) mass is 177 g/mol. The molecular formula is C7H12ClNO2. The van der Waals surface area contributed by atoms with Crippen LogP contribution >= 0.6 is 11.6 Å². The Balaban J connectivity index is 2.24. The third-order valence-electron chi connectivity index (χ3n) is 1.65. The second-order valence-electron chi connectivity index (χ2n) is 2.48. The van der Waals surface area contributed by atoms with Gasteiger partial charge >= 0.3 is 0 Å². The van der Waals surface area contributed by atoms with Crippen molar-refractivity contribution in [1.29, 1.82) is 0 Å². The van der Waals surface area contributed by atoms with Crippen LogP contribution in [0.5, 0.6) is 0 Å². The van der Waals surface area contributed by atoms with E-state index < -0.39 is 0 Å². The molecule has 0 N–H and O–H groups in total. The Kier molecular flexibility index (Phi) is 3.66. The summed E-state index contributed by atoms with van der Waals surface area (Å²) in [5.41, 5.74) is 0. The Morgan fingerprint density at radius 3 is 3.09 bits per heavy atom. The maximum Gasteiger partial charge on any atom is 0.248 e. The Hall–Kier alpha value is -0.280. The van der Waals surface area contributed by atoms with Gasteiger partial charge in [0.05, 0.1) is 6.61 Å². The van der Waals surface area contributed by atoms with Gasteiger partial charge in [0.1, 0.15) is 6.61 Å². The summed E-state index contributed by atoms with van der Waals surface area (Å²) in [6, 6.07) is 0. The van der Waals surface area contributed by atoms with Gasteiger partial charge < -0.3 is 9.64 Å². The number of halogens is 1. The number of morpholine rings is 1. The number of carbonyl (C=O) groups is 1. The van der Waals surface area contributed by atoms with E-state index in [2.05, 4.69) is 0 Å². The van der Waals surface area contributed by atoms with E-state index in [1.807, 2.05) is 0 Å². The molecule has 1 rings (SSSR count). The van der Waals surface area contributed by atoms with Gasteiger partial charge in [-0.25, -0.2) is 0 Å². The molecule has 0 saturated carbocycles. The zero-order chi connectivity index (χ0) is 8.10. The van der Waals surface area contributed by atoms with Gasteiger partial charge in [-0.15, -0.1) is 11.6 Å². The molecule has 1 aliphatic rings. The standard InChI is InChI=1S/C7H12ClNO2/c8-2-1-3-9-4-5-11-6-7(9)10/h1-6H2. The highest BCUT2D eigenvalue weighted by Crippen LogP contribution is 2.00. The van der Waals surface area contributed by atoms with E-state index in [1.54, 1.807) is 4.90 Å². The summed E-state index contributed by atoms with van der Waals surface area (Å²) in [6.07, 6.45) is 0.868. The van der Waals surface area contributed by atoms with E-state index in [0.29, 0.717) is 12.5 Å². The van der Waals surface area contributed by atoms with E-state index in [0.717, 1.165) is 19.5 Å². The Morgan fingerprint density at radius 2 is 2.45 bits per heavy atom. The molecule has 0 radical (unpaired) electrons. The molecule has 3 nitrogen and oxygen atoms in total. The van der Waals surface area contributed by atoms with Crippen molar-refractivity contribution in [2.45, 2.75) is 6.42 Å². The molecule has 1 fully saturated rings. The van der Waals surface area contributed by atoms with E-state index in [-0.39, 0.29) is 12.5 Å². The van der Waals surface area contributed by atoms with Crippen LogP contribution in [0.2, 0.25) is 0 Å². The third kappa shape index (κ3) is 2.67. The molecule has 1 saturated heterocycles. The van der Waals surface area contributed by atoms with Crippen LogP contribution in [-0.2, 0) is 9.53 Å². The lowest BCUT2D eigenvalue weighted by Gasteiger charge is -2.26. The van der Waals surface area contributed by atoms with Gasteiger partial charge in [-0.3, -0.25) is 4.79 Å². The van der Waals surface area contributed by atoms with Crippen LogP contribution in [0.4, 0.5) is 0 Å². The number of ether oxygens (including phenoxy) is 1. The van der Waals surface area contributed by atoms with Gasteiger partial charge in [0.25, 0.3) is 0 Å². The third-order valence-corrected chi connectivity index (χ3v) is 1.91. The number of hydrogen-bond donors (Lipinski definition) is 0. The summed E-state index contributed by atoms with van der Waals surface area (Å²) < 4.78 is 4.97. The molecule has 0 atom stereocenters. The molecule has 0 aromatic rings. The SMILES string of the molecule is O=C1COCCN1CCCCl. The minimum absolute atomic E-state index is 0.0846. The lowest BCUT2D eigenvalue weighted by Crippen LogP contribution is -2.42. The minimum Gasteiger partial charge on any atom is -0.370 e. The number of rotatable bonds is 3. The van der Waals surface area contributed by atoms with Gasteiger partial charge in [0, 0.05) is 19.0 Å². The zero-order valence-corrected chi connectivity index (χ0v) is 7.14. The molecule has 0 aromatic carbocycles. The second-order valence-corrected chi connectivity index (χ2v) is 2.85. The Bertz CT molecular complexity index is 140. The first-order valence-electron chi connectivity index (χ1n) is 3.76. The van der Waals surface area contributed by atoms with Gasteiger partial charge in [-0.1, -0.05) is 0 Å². The summed E-state index contributed by atoms with van der Waals surface area (Å²) in [5, 5.41) is 0. The Morgan fingerprint density at radius 1 is 1.64 bits per heavy atom. The molecule has 11 heavy (non-hydrogen) atoms. The van der Waals surface area contributed by atoms with Gasteiger partial charge in [0.2, 0.25) is 5.91 Å². The predicted octanol–water partition coefficient (Wildman–Crippen LogP) is 0.474. The number of nitrogens with zero attached hydrogens (tertiary/aromatic N) is 1. The fourth-order valence-electron chi connectivity index (χ4n) is 1.04. The summed E-state index contributed by atoms with van der Waals surface area (Å²) in [7, 11) is 0. The lowest BCUT2D eigenvalue weighted by atomic mass is 10.3. The average Bonchev–Trinajstić information content (AvgIpc) is 2.03. The van der Waals surface area contributed by atoms with Crippen LogP contribution in [0.15, 0.2) is 0 Å². The van der Waals surface area contributed by atoms with Crippen LogP contribution in [0.3, 0.4) is 0 Å². The molecule has 0 spiro atoms. The summed E-state index contributed by atoms with van der Waals surface area (Å²) in [5.74, 6) is 0.700. The molecule has 0 bridgehead atoms. The zero-order valence-electron chi connectivity index (χ0n) is 6.38. The normalized spacial score (nSPS) is 19.0. The topological polar surface area (TPSA) is 29.5 Å². The van der Waals surface area contributed by atoms with E-state index in [4.69, 9.17) is 16.3 Å². The number of amides is 1. The molecule has 1 heterocycles. The first-order chi connectivity index (χ1) is 5.34. The van der Waals surface area contributed by atoms with Crippen LogP contribution < -0.4 is 0 Å². The van der Waals surface area contributed by atoms with E-state index >= 15 is 0 Å². The van der Waals surface area contributed by atoms with Gasteiger partial charge in [-0.05, 0) is 6.42 Å². The molecule has 0 aliphatic carbocycles. The molecule has 0 aromatic heterocycles. The maximum atomic E-state index is 11.1. The molecule has 4 heteroatoms. The van der Waals surface area contributed by atoms with Crippen LogP contribution in [0.1, 0.15) is 6.42 Å². The van der Waals surface area contributed by atoms with Crippen molar-refractivity contribution in [3.63, 3.8) is 0 Å². The summed E-state index contributed by atoms with van der Waals surface area (Å²) in [6.45, 7) is 2.39. The molecular weight excluding hydrogens is 166 g/mol. The fourth-order valence-corrected chi connectivity index (χ4v) is 1.16. The first-order valence-corrected chi connectivity index (χ1v) is 4.29. The fraction of sp³-hybridized carbons (Fsp3) is 0.857. The molecule has 1 aliphatic heterocycles. The number of hydrogen-bond acceptors (Lipinski definition) is 2. The second kappa shape index (κ2) is 4.57. The highest BCUT2D eigenvalue weighted by atomic mass is 35.5. The van der Waals surface area contributed by atoms with Crippen molar-refractivity contribution in [2.24, 2.45) is 0 Å². The van der Waals surface area contributed by atoms with Crippen molar-refractivity contribution < 1.29 is 9.53 Å². The maximum absolute atomic E-state index is 11.1. The largest absolute Gasteiger partial charge is 0.370 e. The first kappa shape index (κ1) is 8.81. The van der Waals surface area contributed by atoms with Gasteiger partial charge in [-0.2, -0.15) is 0 Å². The van der Waals surface area contributed by atoms with Crippen molar-refractivity contribution >= 4 is 17.5 Å². The van der Waals surface area contributed by atoms with E-state index in [9.17, 15) is 4.79 Å². The van der Waals surface area contributed by atoms with Crippen molar-refractivity contribution in [3.8, 4) is 0 Å². The number of carbonyl (C=O) groups excluding carboxylic acids is 1. The summed E-state index contributed by atoms with van der Waals surface area (Å²) in [4.78, 5) is 12.9. The molecule has 1 amide bonds. The average molecular weight is 178 g/mol. The van der Waals surface area contributed by atoms with Crippen molar-refractivity contribution in [1.82, 2.24) is 4.90 Å².